The Labute approximate surface area is 92.5 Å². The number of hydrogen-bond donors (Lipinski definition) is 3. The highest BCUT2D eigenvalue weighted by molar-refractivity contribution is 4.85. The highest BCUT2D eigenvalue weighted by atomic mass is 15.7. The van der Waals surface area contributed by atoms with Gasteiger partial charge in [0, 0.05) is 24.7 Å². The molecule has 0 aromatic heterocycles. The second kappa shape index (κ2) is 4.78. The minimum Gasteiger partial charge on any atom is -0.328 e. The highest BCUT2D eigenvalue weighted by Gasteiger charge is 2.31. The molecule has 0 aromatic rings. The van der Waals surface area contributed by atoms with E-state index >= 15 is 0 Å². The van der Waals surface area contributed by atoms with E-state index in [0.29, 0.717) is 24.0 Å². The van der Waals surface area contributed by atoms with E-state index in [9.17, 15) is 0 Å². The van der Waals surface area contributed by atoms with Gasteiger partial charge in [0.15, 0.2) is 0 Å². The summed E-state index contributed by atoms with van der Waals surface area (Å²) in [7, 11) is 0. The third-order valence-corrected chi connectivity index (χ3v) is 3.77. The topological polar surface area (TPSA) is 53.3 Å². The van der Waals surface area contributed by atoms with Gasteiger partial charge in [-0.2, -0.15) is 5.53 Å². The molecule has 2 aliphatic rings. The summed E-state index contributed by atoms with van der Waals surface area (Å²) < 4.78 is 0. The summed E-state index contributed by atoms with van der Waals surface area (Å²) in [5.41, 5.74) is 12.6. The molecule has 0 amide bonds. The Morgan fingerprint density at radius 1 is 1.20 bits per heavy atom. The van der Waals surface area contributed by atoms with Crippen LogP contribution in [-0.2, 0) is 0 Å². The maximum Gasteiger partial charge on any atom is 0.0391 e. The molecule has 0 bridgehead atoms. The van der Waals surface area contributed by atoms with Crippen molar-refractivity contribution in [3.05, 3.63) is 0 Å². The molecule has 88 valence electrons. The number of rotatable bonds is 2. The first-order valence-corrected chi connectivity index (χ1v) is 6.20. The smallest absolute Gasteiger partial charge is 0.0391 e. The monoisotopic (exact) mass is 212 g/mol. The first kappa shape index (κ1) is 11.3. The van der Waals surface area contributed by atoms with E-state index in [1.165, 1.54) is 25.7 Å². The molecule has 1 unspecified atom stereocenters. The Hall–Kier alpha value is -0.160. The van der Waals surface area contributed by atoms with Crippen LogP contribution in [0.25, 0.3) is 0 Å². The molecule has 1 atom stereocenters. The summed E-state index contributed by atoms with van der Waals surface area (Å²) in [5.74, 6) is 0.688. The van der Waals surface area contributed by atoms with Gasteiger partial charge in [-0.1, -0.05) is 13.8 Å². The summed E-state index contributed by atoms with van der Waals surface area (Å²) in [5, 5.41) is 2.37. The third-order valence-electron chi connectivity index (χ3n) is 3.77. The molecule has 0 spiro atoms. The van der Waals surface area contributed by atoms with E-state index in [4.69, 9.17) is 5.73 Å². The molecule has 4 N–H and O–H groups in total. The Bertz CT molecular complexity index is 199. The highest BCUT2D eigenvalue weighted by Crippen LogP contribution is 2.22. The molecule has 4 nitrogen and oxygen atoms in total. The van der Waals surface area contributed by atoms with Crippen LogP contribution in [0.5, 0.6) is 0 Å². The number of nitrogens with zero attached hydrogens (tertiary/aromatic N) is 1. The minimum absolute atomic E-state index is 0.442. The molecule has 15 heavy (non-hydrogen) atoms. The predicted molar refractivity (Wildman–Crippen MR) is 61.8 cm³/mol. The van der Waals surface area contributed by atoms with Crippen molar-refractivity contribution in [3.8, 4) is 0 Å². The normalized spacial score (nSPS) is 38.8. The van der Waals surface area contributed by atoms with E-state index in [0.717, 1.165) is 6.54 Å². The second-order valence-corrected chi connectivity index (χ2v) is 5.33. The number of nitrogens with two attached hydrogens (primary N) is 1. The molecule has 0 aromatic carbocycles. The Balaban J connectivity index is 1.80. The summed E-state index contributed by atoms with van der Waals surface area (Å²) >= 11 is 0. The second-order valence-electron chi connectivity index (χ2n) is 5.33. The summed E-state index contributed by atoms with van der Waals surface area (Å²) in [6.45, 7) is 5.65. The minimum atomic E-state index is 0.442. The van der Waals surface area contributed by atoms with Gasteiger partial charge in [0.2, 0.25) is 0 Å². The van der Waals surface area contributed by atoms with Crippen molar-refractivity contribution < 1.29 is 0 Å². The SMILES string of the molecule is CC(C)C1CN(C2CCC(N)CC2)NN1. The third kappa shape index (κ3) is 2.69. The average molecular weight is 212 g/mol. The van der Waals surface area contributed by atoms with Gasteiger partial charge in [-0.15, -0.1) is 0 Å². The largest absolute Gasteiger partial charge is 0.328 e. The van der Waals surface area contributed by atoms with Crippen molar-refractivity contribution in [2.45, 2.75) is 57.7 Å². The van der Waals surface area contributed by atoms with Crippen molar-refractivity contribution in [2.75, 3.05) is 6.54 Å². The fourth-order valence-corrected chi connectivity index (χ4v) is 2.50. The molecule has 1 aliphatic carbocycles. The number of hydrogen-bond acceptors (Lipinski definition) is 4. The lowest BCUT2D eigenvalue weighted by Crippen LogP contribution is -2.46. The zero-order valence-electron chi connectivity index (χ0n) is 9.87. The summed E-state index contributed by atoms with van der Waals surface area (Å²) in [6, 6.07) is 1.71. The molecule has 1 heterocycles. The fraction of sp³-hybridized carbons (Fsp3) is 1.00. The molecule has 2 fully saturated rings. The Morgan fingerprint density at radius 2 is 1.87 bits per heavy atom. The lowest BCUT2D eigenvalue weighted by Gasteiger charge is -2.32. The zero-order chi connectivity index (χ0) is 10.8. The van der Waals surface area contributed by atoms with Gasteiger partial charge < -0.3 is 5.73 Å². The van der Waals surface area contributed by atoms with Crippen molar-refractivity contribution >= 4 is 0 Å². The van der Waals surface area contributed by atoms with Gasteiger partial charge in [-0.3, -0.25) is 0 Å². The van der Waals surface area contributed by atoms with E-state index < -0.39 is 0 Å². The first-order chi connectivity index (χ1) is 7.16. The van der Waals surface area contributed by atoms with Gasteiger partial charge in [0.1, 0.15) is 0 Å². The van der Waals surface area contributed by atoms with Crippen LogP contribution in [0.3, 0.4) is 0 Å². The van der Waals surface area contributed by atoms with Crippen molar-refractivity contribution in [1.29, 1.82) is 0 Å². The van der Waals surface area contributed by atoms with Crippen LogP contribution in [0.1, 0.15) is 39.5 Å². The number of nitrogens with one attached hydrogen (secondary N) is 2. The van der Waals surface area contributed by atoms with Crippen LogP contribution in [-0.4, -0.2) is 29.7 Å². The molecule has 2 rings (SSSR count). The summed E-state index contributed by atoms with van der Waals surface area (Å²) in [6.07, 6.45) is 4.83. The Morgan fingerprint density at radius 3 is 2.40 bits per heavy atom. The maximum absolute atomic E-state index is 5.92. The quantitative estimate of drug-likeness (QED) is 0.627. The van der Waals surface area contributed by atoms with Gasteiger partial charge in [-0.25, -0.2) is 10.4 Å². The number of hydrazine groups is 2. The zero-order valence-corrected chi connectivity index (χ0v) is 9.87. The molecular weight excluding hydrogens is 188 g/mol. The van der Waals surface area contributed by atoms with E-state index in [1.54, 1.807) is 0 Å². The lowest BCUT2D eigenvalue weighted by molar-refractivity contribution is 0.120. The standard InChI is InChI=1S/C11H24N4/c1-8(2)11-7-15(14-13-11)10-5-3-9(12)4-6-10/h8-11,13-14H,3-7,12H2,1-2H3. The first-order valence-electron chi connectivity index (χ1n) is 6.20. The van der Waals surface area contributed by atoms with E-state index in [-0.39, 0.29) is 0 Å². The predicted octanol–water partition coefficient (Wildman–Crippen LogP) is 0.606. The maximum atomic E-state index is 5.92. The van der Waals surface area contributed by atoms with Crippen LogP contribution in [0.4, 0.5) is 0 Å². The van der Waals surface area contributed by atoms with Crippen LogP contribution in [0.15, 0.2) is 0 Å². The average Bonchev–Trinajstić information content (AvgIpc) is 2.68. The molecule has 4 heteroatoms. The summed E-state index contributed by atoms with van der Waals surface area (Å²) in [4.78, 5) is 0. The van der Waals surface area contributed by atoms with Crippen molar-refractivity contribution in [3.63, 3.8) is 0 Å². The van der Waals surface area contributed by atoms with Gasteiger partial charge in [-0.05, 0) is 31.6 Å². The van der Waals surface area contributed by atoms with Gasteiger partial charge in [0.05, 0.1) is 0 Å². The fourth-order valence-electron chi connectivity index (χ4n) is 2.50. The van der Waals surface area contributed by atoms with Gasteiger partial charge >= 0.3 is 0 Å². The van der Waals surface area contributed by atoms with E-state index in [2.05, 4.69) is 29.8 Å². The van der Waals surface area contributed by atoms with Crippen molar-refractivity contribution in [1.82, 2.24) is 16.0 Å². The van der Waals surface area contributed by atoms with Crippen LogP contribution < -0.4 is 16.7 Å². The van der Waals surface area contributed by atoms with E-state index in [1.807, 2.05) is 0 Å². The molecule has 1 saturated carbocycles. The lowest BCUT2D eigenvalue weighted by atomic mass is 9.91. The Kier molecular flexibility index (Phi) is 3.61. The molecule has 0 radical (unpaired) electrons. The molecular formula is C11H24N4. The molecule has 1 aliphatic heterocycles. The van der Waals surface area contributed by atoms with Crippen molar-refractivity contribution in [2.24, 2.45) is 11.7 Å². The van der Waals surface area contributed by atoms with Crippen LogP contribution in [0.2, 0.25) is 0 Å². The van der Waals surface area contributed by atoms with Crippen LogP contribution in [0, 0.1) is 5.92 Å². The van der Waals surface area contributed by atoms with Crippen LogP contribution >= 0.6 is 0 Å². The van der Waals surface area contributed by atoms with Gasteiger partial charge in [0.25, 0.3) is 0 Å². The molecule has 1 saturated heterocycles.